The third kappa shape index (κ3) is 4.09. The number of hydrogen-bond acceptors (Lipinski definition) is 4. The Labute approximate surface area is 145 Å². The molecular weight excluding hydrogens is 356 g/mol. The molecule has 0 spiro atoms. The van der Waals surface area contributed by atoms with Gasteiger partial charge < -0.3 is 4.52 Å². The molecule has 0 saturated carbocycles. The molecule has 2 heterocycles. The minimum absolute atomic E-state index is 0.00436. The number of carbonyl (C=O) groups excluding carboxylic acids is 1. The summed E-state index contributed by atoms with van der Waals surface area (Å²) in [5.41, 5.74) is 1.40. The van der Waals surface area contributed by atoms with Gasteiger partial charge in [0.05, 0.1) is 6.04 Å². The van der Waals surface area contributed by atoms with Gasteiger partial charge in [-0.2, -0.15) is 0 Å². The molecule has 0 radical (unpaired) electrons. The molecule has 4 nitrogen and oxygen atoms in total. The van der Waals surface area contributed by atoms with E-state index < -0.39 is 0 Å². The minimum atomic E-state index is -0.160. The molecule has 1 aromatic heterocycles. The maximum Gasteiger partial charge on any atom is 0.217 e. The Bertz CT molecular complexity index is 648. The number of nitrogens with zero attached hydrogens (tertiary/aromatic N) is 2. The van der Waals surface area contributed by atoms with Crippen LogP contribution in [0.4, 0.5) is 0 Å². The van der Waals surface area contributed by atoms with Gasteiger partial charge in [-0.1, -0.05) is 35.5 Å². The Balaban J connectivity index is 1.53. The number of benzene rings is 1. The number of piperidine rings is 1. The average molecular weight is 377 g/mol. The van der Waals surface area contributed by atoms with E-state index in [4.69, 9.17) is 4.52 Å². The SMILES string of the molecule is CC(C(=O)c1cc(Br)no1)N1CCC(Cc2ccccc2)CC1. The van der Waals surface area contributed by atoms with Crippen molar-refractivity contribution >= 4 is 21.7 Å². The van der Waals surface area contributed by atoms with Crippen LogP contribution in [-0.2, 0) is 6.42 Å². The molecule has 0 aliphatic carbocycles. The molecular formula is C18H21BrN2O2. The van der Waals surface area contributed by atoms with E-state index in [1.54, 1.807) is 6.07 Å². The van der Waals surface area contributed by atoms with Crippen LogP contribution in [0.3, 0.4) is 0 Å². The normalized spacial score (nSPS) is 18.0. The molecule has 0 amide bonds. The summed E-state index contributed by atoms with van der Waals surface area (Å²) in [4.78, 5) is 14.7. The Morgan fingerprint density at radius 1 is 1.35 bits per heavy atom. The van der Waals surface area contributed by atoms with Gasteiger partial charge in [-0.25, -0.2) is 0 Å². The lowest BCUT2D eigenvalue weighted by atomic mass is 9.89. The highest BCUT2D eigenvalue weighted by Crippen LogP contribution is 2.24. The molecule has 0 bridgehead atoms. The van der Waals surface area contributed by atoms with Gasteiger partial charge in [0.2, 0.25) is 11.5 Å². The average Bonchev–Trinajstić information content (AvgIpc) is 3.02. The lowest BCUT2D eigenvalue weighted by Crippen LogP contribution is -2.44. The third-order valence-electron chi connectivity index (χ3n) is 4.67. The van der Waals surface area contributed by atoms with E-state index in [0.29, 0.717) is 16.3 Å². The topological polar surface area (TPSA) is 46.3 Å². The van der Waals surface area contributed by atoms with Gasteiger partial charge >= 0.3 is 0 Å². The molecule has 5 heteroatoms. The van der Waals surface area contributed by atoms with E-state index in [9.17, 15) is 4.79 Å². The van der Waals surface area contributed by atoms with Crippen molar-refractivity contribution in [1.82, 2.24) is 10.1 Å². The zero-order valence-electron chi connectivity index (χ0n) is 13.2. The molecule has 1 fully saturated rings. The summed E-state index contributed by atoms with van der Waals surface area (Å²) < 4.78 is 5.63. The van der Waals surface area contributed by atoms with Gasteiger partial charge in [0, 0.05) is 6.07 Å². The highest BCUT2D eigenvalue weighted by atomic mass is 79.9. The van der Waals surface area contributed by atoms with Crippen LogP contribution in [0.1, 0.15) is 35.9 Å². The second-order valence-electron chi connectivity index (χ2n) is 6.22. The summed E-state index contributed by atoms with van der Waals surface area (Å²) in [5.74, 6) is 1.04. The van der Waals surface area contributed by atoms with Crippen molar-refractivity contribution < 1.29 is 9.32 Å². The number of rotatable bonds is 5. The van der Waals surface area contributed by atoms with Crippen molar-refractivity contribution in [3.05, 3.63) is 52.3 Å². The van der Waals surface area contributed by atoms with Crippen LogP contribution in [0.5, 0.6) is 0 Å². The van der Waals surface area contributed by atoms with Crippen LogP contribution in [0.2, 0.25) is 0 Å². The van der Waals surface area contributed by atoms with E-state index in [2.05, 4.69) is 56.3 Å². The third-order valence-corrected chi connectivity index (χ3v) is 5.04. The maximum absolute atomic E-state index is 12.4. The summed E-state index contributed by atoms with van der Waals surface area (Å²) in [6, 6.07) is 12.1. The zero-order valence-corrected chi connectivity index (χ0v) is 14.8. The second kappa shape index (κ2) is 7.41. The van der Waals surface area contributed by atoms with Crippen molar-refractivity contribution in [2.45, 2.75) is 32.2 Å². The van der Waals surface area contributed by atoms with Crippen LogP contribution in [0.25, 0.3) is 0 Å². The Morgan fingerprint density at radius 3 is 2.65 bits per heavy atom. The second-order valence-corrected chi connectivity index (χ2v) is 7.04. The standard InChI is InChI=1S/C18H21BrN2O2/c1-13(18(22)16-12-17(19)20-23-16)21-9-7-15(8-10-21)11-14-5-3-2-4-6-14/h2-6,12-13,15H,7-11H2,1H3. The Kier molecular flexibility index (Phi) is 5.28. The Hall–Kier alpha value is -1.46. The molecule has 0 N–H and O–H groups in total. The number of hydrogen-bond donors (Lipinski definition) is 0. The van der Waals surface area contributed by atoms with Gasteiger partial charge in [-0.3, -0.25) is 9.69 Å². The Morgan fingerprint density at radius 2 is 2.04 bits per heavy atom. The van der Waals surface area contributed by atoms with Gasteiger partial charge in [0.25, 0.3) is 0 Å². The minimum Gasteiger partial charge on any atom is -0.352 e. The number of carbonyl (C=O) groups is 1. The molecule has 23 heavy (non-hydrogen) atoms. The van der Waals surface area contributed by atoms with Crippen LogP contribution in [0, 0.1) is 5.92 Å². The first kappa shape index (κ1) is 16.4. The van der Waals surface area contributed by atoms with Crippen LogP contribution >= 0.6 is 15.9 Å². The van der Waals surface area contributed by atoms with Crippen molar-refractivity contribution in [2.75, 3.05) is 13.1 Å². The fourth-order valence-corrected chi connectivity index (χ4v) is 3.51. The molecule has 1 saturated heterocycles. The lowest BCUT2D eigenvalue weighted by molar-refractivity contribution is 0.0735. The first-order valence-electron chi connectivity index (χ1n) is 8.08. The van der Waals surface area contributed by atoms with E-state index in [0.717, 1.165) is 32.4 Å². The van der Waals surface area contributed by atoms with Crippen molar-refractivity contribution in [2.24, 2.45) is 5.92 Å². The van der Waals surface area contributed by atoms with Gasteiger partial charge in [0.1, 0.15) is 4.60 Å². The molecule has 1 atom stereocenters. The summed E-state index contributed by atoms with van der Waals surface area (Å²) in [5, 5.41) is 3.73. The van der Waals surface area contributed by atoms with Crippen LogP contribution in [0.15, 0.2) is 45.5 Å². The fraction of sp³-hybridized carbons (Fsp3) is 0.444. The molecule has 1 aliphatic heterocycles. The summed E-state index contributed by atoms with van der Waals surface area (Å²) in [6.45, 7) is 3.87. The number of ketones is 1. The van der Waals surface area contributed by atoms with E-state index >= 15 is 0 Å². The lowest BCUT2D eigenvalue weighted by Gasteiger charge is -2.35. The first-order chi connectivity index (χ1) is 11.1. The highest BCUT2D eigenvalue weighted by Gasteiger charge is 2.29. The smallest absolute Gasteiger partial charge is 0.217 e. The predicted molar refractivity (Wildman–Crippen MR) is 92.4 cm³/mol. The summed E-state index contributed by atoms with van der Waals surface area (Å²) >= 11 is 3.21. The predicted octanol–water partition coefficient (Wildman–Crippen LogP) is 3.96. The number of halogens is 1. The summed E-state index contributed by atoms with van der Waals surface area (Å²) in [7, 11) is 0. The molecule has 1 aliphatic rings. The molecule has 3 rings (SSSR count). The number of Topliss-reactive ketones (excluding diaryl/α,β-unsaturated/α-hetero) is 1. The first-order valence-corrected chi connectivity index (χ1v) is 8.87. The van der Waals surface area contributed by atoms with E-state index in [1.165, 1.54) is 5.56 Å². The largest absolute Gasteiger partial charge is 0.352 e. The van der Waals surface area contributed by atoms with Crippen molar-refractivity contribution in [3.63, 3.8) is 0 Å². The molecule has 1 aromatic carbocycles. The summed E-state index contributed by atoms with van der Waals surface area (Å²) in [6.07, 6.45) is 3.39. The monoisotopic (exact) mass is 376 g/mol. The zero-order chi connectivity index (χ0) is 16.2. The molecule has 1 unspecified atom stereocenters. The van der Waals surface area contributed by atoms with Gasteiger partial charge in [0.15, 0.2) is 0 Å². The number of likely N-dealkylation sites (tertiary alicyclic amines) is 1. The van der Waals surface area contributed by atoms with Crippen molar-refractivity contribution in [1.29, 1.82) is 0 Å². The fourth-order valence-electron chi connectivity index (χ4n) is 3.23. The highest BCUT2D eigenvalue weighted by molar-refractivity contribution is 9.10. The maximum atomic E-state index is 12.4. The van der Waals surface area contributed by atoms with Crippen LogP contribution in [-0.4, -0.2) is 35.0 Å². The van der Waals surface area contributed by atoms with Gasteiger partial charge in [-0.05, 0) is 66.7 Å². The number of aromatic nitrogens is 1. The quantitative estimate of drug-likeness (QED) is 0.740. The van der Waals surface area contributed by atoms with E-state index in [-0.39, 0.29) is 11.8 Å². The van der Waals surface area contributed by atoms with E-state index in [1.807, 2.05) is 6.92 Å². The van der Waals surface area contributed by atoms with Crippen molar-refractivity contribution in [3.8, 4) is 0 Å². The van der Waals surface area contributed by atoms with Gasteiger partial charge in [-0.15, -0.1) is 0 Å². The molecule has 2 aromatic rings. The molecule has 122 valence electrons. The van der Waals surface area contributed by atoms with Crippen LogP contribution < -0.4 is 0 Å².